The number of carbonyl (C=O) groups excluding carboxylic acids is 1. The zero-order valence-corrected chi connectivity index (χ0v) is 10.5. The Morgan fingerprint density at radius 2 is 2.13 bits per heavy atom. The van der Waals surface area contributed by atoms with Crippen LogP contribution in [0.2, 0.25) is 0 Å². The van der Waals surface area contributed by atoms with Crippen molar-refractivity contribution in [2.24, 2.45) is 5.92 Å². The summed E-state index contributed by atoms with van der Waals surface area (Å²) in [5.41, 5.74) is 0. The zero-order valence-electron chi connectivity index (χ0n) is 9.70. The predicted molar refractivity (Wildman–Crippen MR) is 64.2 cm³/mol. The maximum Gasteiger partial charge on any atom is 0.309 e. The fraction of sp³-hybridized carbons (Fsp3) is 0.909. The summed E-state index contributed by atoms with van der Waals surface area (Å²) in [6.45, 7) is 5.60. The van der Waals surface area contributed by atoms with Gasteiger partial charge in [0.25, 0.3) is 0 Å². The van der Waals surface area contributed by atoms with E-state index in [2.05, 4.69) is 9.64 Å². The van der Waals surface area contributed by atoms with Crippen LogP contribution in [0.3, 0.4) is 0 Å². The van der Waals surface area contributed by atoms with Crippen LogP contribution in [0.4, 0.5) is 0 Å². The Morgan fingerprint density at radius 1 is 1.47 bits per heavy atom. The molecular formula is C11H21NO2S. The highest BCUT2D eigenvalue weighted by Crippen LogP contribution is 2.12. The molecule has 1 aliphatic rings. The molecule has 4 heteroatoms. The number of hydrogen-bond donors (Lipinski definition) is 0. The molecule has 0 radical (unpaired) electrons. The molecule has 1 saturated heterocycles. The van der Waals surface area contributed by atoms with E-state index in [1.54, 1.807) is 0 Å². The van der Waals surface area contributed by atoms with Crippen molar-refractivity contribution >= 4 is 17.7 Å². The third kappa shape index (κ3) is 4.89. The number of likely N-dealkylation sites (tertiary alicyclic amines) is 1. The van der Waals surface area contributed by atoms with E-state index in [4.69, 9.17) is 0 Å². The van der Waals surface area contributed by atoms with Crippen molar-refractivity contribution in [3.05, 3.63) is 0 Å². The lowest BCUT2D eigenvalue weighted by Crippen LogP contribution is -2.22. The topological polar surface area (TPSA) is 29.5 Å². The molecule has 88 valence electrons. The molecule has 0 spiro atoms. The van der Waals surface area contributed by atoms with E-state index in [9.17, 15) is 4.79 Å². The van der Waals surface area contributed by atoms with Gasteiger partial charge >= 0.3 is 5.97 Å². The molecule has 1 aliphatic heterocycles. The first-order valence-electron chi connectivity index (χ1n) is 5.62. The standard InChI is InChI=1S/C11H21NO2S/c1-10(11(13)14-2)9-15-8-7-12-5-3-4-6-12/h10H,3-9H2,1-2H3. The van der Waals surface area contributed by atoms with Gasteiger partial charge in [0.2, 0.25) is 0 Å². The first kappa shape index (κ1) is 12.8. The molecule has 0 saturated carbocycles. The van der Waals surface area contributed by atoms with Gasteiger partial charge in [0, 0.05) is 18.1 Å². The Bertz CT molecular complexity index is 193. The number of hydrogen-bond acceptors (Lipinski definition) is 4. The molecular weight excluding hydrogens is 210 g/mol. The molecule has 0 aromatic heterocycles. The highest BCUT2D eigenvalue weighted by atomic mass is 32.2. The van der Waals surface area contributed by atoms with Crippen LogP contribution in [0.5, 0.6) is 0 Å². The van der Waals surface area contributed by atoms with Crippen molar-refractivity contribution in [3.63, 3.8) is 0 Å². The maximum atomic E-state index is 11.1. The van der Waals surface area contributed by atoms with Crippen molar-refractivity contribution in [2.45, 2.75) is 19.8 Å². The molecule has 0 aliphatic carbocycles. The number of ether oxygens (including phenoxy) is 1. The van der Waals surface area contributed by atoms with E-state index in [0.29, 0.717) is 0 Å². The smallest absolute Gasteiger partial charge is 0.309 e. The molecule has 0 bridgehead atoms. The first-order valence-corrected chi connectivity index (χ1v) is 6.77. The highest BCUT2D eigenvalue weighted by molar-refractivity contribution is 7.99. The van der Waals surface area contributed by atoms with Crippen LogP contribution < -0.4 is 0 Å². The molecule has 1 unspecified atom stereocenters. The van der Waals surface area contributed by atoms with E-state index >= 15 is 0 Å². The van der Waals surface area contributed by atoms with Crippen LogP contribution in [0.15, 0.2) is 0 Å². The highest BCUT2D eigenvalue weighted by Gasteiger charge is 2.14. The van der Waals surface area contributed by atoms with Gasteiger partial charge in [0.15, 0.2) is 0 Å². The molecule has 0 amide bonds. The van der Waals surface area contributed by atoms with E-state index in [1.807, 2.05) is 18.7 Å². The van der Waals surface area contributed by atoms with Gasteiger partial charge < -0.3 is 9.64 Å². The first-order chi connectivity index (χ1) is 7.24. The predicted octanol–water partition coefficient (Wildman–Crippen LogP) is 1.62. The fourth-order valence-electron chi connectivity index (χ4n) is 1.73. The Morgan fingerprint density at radius 3 is 2.73 bits per heavy atom. The average Bonchev–Trinajstić information content (AvgIpc) is 2.75. The maximum absolute atomic E-state index is 11.1. The minimum Gasteiger partial charge on any atom is -0.469 e. The minimum atomic E-state index is -0.0938. The van der Waals surface area contributed by atoms with Crippen LogP contribution in [-0.4, -0.2) is 49.1 Å². The normalized spacial score (nSPS) is 19.1. The fourth-order valence-corrected chi connectivity index (χ4v) is 2.77. The second-order valence-electron chi connectivity index (χ2n) is 4.05. The second kappa shape index (κ2) is 7.12. The molecule has 3 nitrogen and oxygen atoms in total. The lowest BCUT2D eigenvalue weighted by atomic mass is 10.2. The number of esters is 1. The monoisotopic (exact) mass is 231 g/mol. The molecule has 1 rings (SSSR count). The number of carbonyl (C=O) groups is 1. The summed E-state index contributed by atoms with van der Waals surface area (Å²) in [7, 11) is 1.45. The minimum absolute atomic E-state index is 0.0265. The van der Waals surface area contributed by atoms with Crippen molar-refractivity contribution in [2.75, 3.05) is 38.2 Å². The lowest BCUT2D eigenvalue weighted by Gasteiger charge is -2.14. The zero-order chi connectivity index (χ0) is 11.1. The molecule has 1 heterocycles. The number of thioether (sulfide) groups is 1. The van der Waals surface area contributed by atoms with E-state index in [-0.39, 0.29) is 11.9 Å². The van der Waals surface area contributed by atoms with Crippen molar-refractivity contribution in [3.8, 4) is 0 Å². The number of rotatable bonds is 6. The lowest BCUT2D eigenvalue weighted by molar-refractivity contribution is -0.143. The Labute approximate surface area is 96.5 Å². The summed E-state index contributed by atoms with van der Waals surface area (Å²) in [4.78, 5) is 13.6. The second-order valence-corrected chi connectivity index (χ2v) is 5.20. The van der Waals surface area contributed by atoms with Gasteiger partial charge in [0.1, 0.15) is 0 Å². The quantitative estimate of drug-likeness (QED) is 0.513. The summed E-state index contributed by atoms with van der Waals surface area (Å²) in [6.07, 6.45) is 2.70. The van der Waals surface area contributed by atoms with Crippen molar-refractivity contribution in [1.82, 2.24) is 4.90 Å². The Hall–Kier alpha value is -0.220. The third-order valence-corrected chi connectivity index (χ3v) is 3.93. The Kier molecular flexibility index (Phi) is 6.10. The van der Waals surface area contributed by atoms with Crippen LogP contribution >= 0.6 is 11.8 Å². The van der Waals surface area contributed by atoms with Gasteiger partial charge in [-0.3, -0.25) is 4.79 Å². The van der Waals surface area contributed by atoms with Gasteiger partial charge in [-0.05, 0) is 25.9 Å². The Balaban J connectivity index is 1.98. The van der Waals surface area contributed by atoms with E-state index in [1.165, 1.54) is 39.6 Å². The third-order valence-electron chi connectivity index (χ3n) is 2.72. The van der Waals surface area contributed by atoms with E-state index in [0.717, 1.165) is 11.5 Å². The van der Waals surface area contributed by atoms with Crippen LogP contribution in [-0.2, 0) is 9.53 Å². The molecule has 1 atom stereocenters. The average molecular weight is 231 g/mol. The van der Waals surface area contributed by atoms with Crippen LogP contribution in [0.1, 0.15) is 19.8 Å². The number of nitrogens with zero attached hydrogens (tertiary/aromatic N) is 1. The van der Waals surface area contributed by atoms with Crippen LogP contribution in [0.25, 0.3) is 0 Å². The largest absolute Gasteiger partial charge is 0.469 e. The van der Waals surface area contributed by atoms with Gasteiger partial charge in [-0.1, -0.05) is 6.92 Å². The van der Waals surface area contributed by atoms with Crippen molar-refractivity contribution < 1.29 is 9.53 Å². The summed E-state index contributed by atoms with van der Waals surface area (Å²) < 4.78 is 4.68. The molecule has 0 aromatic carbocycles. The molecule has 1 fully saturated rings. The van der Waals surface area contributed by atoms with Gasteiger partial charge in [-0.25, -0.2) is 0 Å². The van der Waals surface area contributed by atoms with Crippen LogP contribution in [0, 0.1) is 5.92 Å². The van der Waals surface area contributed by atoms with Gasteiger partial charge in [0.05, 0.1) is 13.0 Å². The summed E-state index contributed by atoms with van der Waals surface area (Å²) in [5, 5.41) is 0. The summed E-state index contributed by atoms with van der Waals surface area (Å²) in [5.74, 6) is 1.93. The summed E-state index contributed by atoms with van der Waals surface area (Å²) in [6, 6.07) is 0. The number of methoxy groups -OCH3 is 1. The van der Waals surface area contributed by atoms with Crippen molar-refractivity contribution in [1.29, 1.82) is 0 Å². The van der Waals surface area contributed by atoms with E-state index < -0.39 is 0 Å². The molecule has 0 aromatic rings. The molecule has 15 heavy (non-hydrogen) atoms. The molecule has 0 N–H and O–H groups in total. The van der Waals surface area contributed by atoms with Gasteiger partial charge in [-0.2, -0.15) is 11.8 Å². The van der Waals surface area contributed by atoms with Gasteiger partial charge in [-0.15, -0.1) is 0 Å². The summed E-state index contributed by atoms with van der Waals surface area (Å²) >= 11 is 1.85. The SMILES string of the molecule is COC(=O)C(C)CSCCN1CCCC1.